The van der Waals surface area contributed by atoms with E-state index in [0.29, 0.717) is 17.8 Å². The monoisotopic (exact) mass is 699 g/mol. The number of aromatic nitrogens is 3. The number of carbonyl (C=O) groups is 1. The van der Waals surface area contributed by atoms with Crippen molar-refractivity contribution in [3.63, 3.8) is 0 Å². The van der Waals surface area contributed by atoms with Crippen molar-refractivity contribution in [2.45, 2.75) is 52.5 Å². The lowest BCUT2D eigenvalue weighted by atomic mass is 9.98. The van der Waals surface area contributed by atoms with E-state index in [9.17, 15) is 4.79 Å². The van der Waals surface area contributed by atoms with Crippen LogP contribution in [0.25, 0.3) is 28.1 Å². The van der Waals surface area contributed by atoms with Gasteiger partial charge in [0.2, 0.25) is 11.4 Å². The highest BCUT2D eigenvalue weighted by Crippen LogP contribution is 2.22. The Hall–Kier alpha value is -5.94. The van der Waals surface area contributed by atoms with Crippen LogP contribution in [-0.4, -0.2) is 12.8 Å². The number of rotatable bonds is 15. The SMILES string of the molecule is CC(C)c1ccccc1-[n+]1ccc(C(C=CNCC(Cc2ccccc2)C[n+]2ccc(-c3cc[n+](-c4ccccc4C(C)C)cc3)cc2)=CC=O)cc1. The van der Waals surface area contributed by atoms with Crippen LogP contribution in [0, 0.1) is 5.92 Å². The Morgan fingerprint density at radius 1 is 0.623 bits per heavy atom. The number of pyridine rings is 3. The Labute approximate surface area is 315 Å². The molecule has 1 atom stereocenters. The van der Waals surface area contributed by atoms with Crippen LogP contribution < -0.4 is 19.0 Å². The first-order chi connectivity index (χ1) is 25.9. The summed E-state index contributed by atoms with van der Waals surface area (Å²) in [6, 6.07) is 40.7. The molecule has 0 amide bonds. The Morgan fingerprint density at radius 2 is 1.13 bits per heavy atom. The van der Waals surface area contributed by atoms with Gasteiger partial charge < -0.3 is 5.32 Å². The summed E-state index contributed by atoms with van der Waals surface area (Å²) in [5.74, 6) is 1.21. The third-order valence-electron chi connectivity index (χ3n) is 9.76. The van der Waals surface area contributed by atoms with Crippen molar-refractivity contribution in [1.29, 1.82) is 0 Å². The van der Waals surface area contributed by atoms with E-state index in [1.165, 1.54) is 39.2 Å². The third-order valence-corrected chi connectivity index (χ3v) is 9.76. The average molecular weight is 700 g/mol. The molecule has 0 radical (unpaired) electrons. The van der Waals surface area contributed by atoms with Crippen molar-refractivity contribution in [2.24, 2.45) is 5.92 Å². The topological polar surface area (TPSA) is 40.7 Å². The van der Waals surface area contributed by atoms with E-state index in [0.717, 1.165) is 36.9 Å². The predicted molar refractivity (Wildman–Crippen MR) is 215 cm³/mol. The van der Waals surface area contributed by atoms with Crippen molar-refractivity contribution >= 4 is 11.9 Å². The van der Waals surface area contributed by atoms with Gasteiger partial charge in [-0.15, -0.1) is 0 Å². The van der Waals surface area contributed by atoms with Gasteiger partial charge in [0.1, 0.15) is 6.29 Å². The summed E-state index contributed by atoms with van der Waals surface area (Å²) in [7, 11) is 0. The molecule has 0 saturated heterocycles. The van der Waals surface area contributed by atoms with E-state index < -0.39 is 0 Å². The fraction of sp³-hybridized carbons (Fsp3) is 0.208. The van der Waals surface area contributed by atoms with Gasteiger partial charge in [0.05, 0.1) is 0 Å². The molecule has 53 heavy (non-hydrogen) atoms. The van der Waals surface area contributed by atoms with E-state index in [4.69, 9.17) is 0 Å². The van der Waals surface area contributed by atoms with Crippen LogP contribution in [0.1, 0.15) is 61.8 Å². The first-order valence-corrected chi connectivity index (χ1v) is 18.7. The number of carbonyl (C=O) groups excluding carboxylic acids is 1. The molecule has 266 valence electrons. The third kappa shape index (κ3) is 9.69. The zero-order valence-corrected chi connectivity index (χ0v) is 31.3. The van der Waals surface area contributed by atoms with Gasteiger partial charge in [0.25, 0.3) is 0 Å². The molecule has 0 saturated carbocycles. The van der Waals surface area contributed by atoms with Gasteiger partial charge in [-0.3, -0.25) is 4.79 Å². The van der Waals surface area contributed by atoms with E-state index >= 15 is 0 Å². The maximum absolute atomic E-state index is 11.6. The fourth-order valence-electron chi connectivity index (χ4n) is 6.90. The molecular formula is C48H51N4O+3. The molecule has 0 fully saturated rings. The lowest BCUT2D eigenvalue weighted by Crippen LogP contribution is -2.40. The van der Waals surface area contributed by atoms with Crippen LogP contribution in [0.15, 0.2) is 171 Å². The number of hydrogen-bond donors (Lipinski definition) is 1. The van der Waals surface area contributed by atoms with Gasteiger partial charge in [-0.2, -0.15) is 9.13 Å². The van der Waals surface area contributed by atoms with Crippen molar-refractivity contribution in [1.82, 2.24) is 5.32 Å². The number of para-hydroxylation sites is 2. The Morgan fingerprint density at radius 3 is 1.68 bits per heavy atom. The second kappa shape index (κ2) is 18.0. The van der Waals surface area contributed by atoms with Gasteiger partial charge in [-0.25, -0.2) is 4.57 Å². The lowest BCUT2D eigenvalue weighted by molar-refractivity contribution is -0.702. The Kier molecular flexibility index (Phi) is 12.5. The van der Waals surface area contributed by atoms with E-state index in [2.05, 4.69) is 199 Å². The number of hydrogen-bond acceptors (Lipinski definition) is 2. The van der Waals surface area contributed by atoms with E-state index in [1.54, 1.807) is 6.08 Å². The number of allylic oxidation sites excluding steroid dienone is 3. The molecule has 5 heteroatoms. The molecule has 6 rings (SSSR count). The molecule has 0 aliphatic heterocycles. The lowest BCUT2D eigenvalue weighted by Gasteiger charge is -2.15. The molecule has 5 nitrogen and oxygen atoms in total. The quantitative estimate of drug-likeness (QED) is 0.0505. The molecule has 3 heterocycles. The molecule has 1 N–H and O–H groups in total. The summed E-state index contributed by atoms with van der Waals surface area (Å²) in [6.07, 6.45) is 20.2. The molecular weight excluding hydrogens is 649 g/mol. The van der Waals surface area contributed by atoms with Gasteiger partial charge in [0.15, 0.2) is 43.7 Å². The summed E-state index contributed by atoms with van der Waals surface area (Å²) < 4.78 is 6.62. The van der Waals surface area contributed by atoms with Crippen LogP contribution in [0.3, 0.4) is 0 Å². The van der Waals surface area contributed by atoms with Crippen LogP contribution in [0.2, 0.25) is 0 Å². The highest BCUT2D eigenvalue weighted by molar-refractivity contribution is 5.86. The fourth-order valence-corrected chi connectivity index (χ4v) is 6.90. The Bertz CT molecular complexity index is 2130. The van der Waals surface area contributed by atoms with Gasteiger partial charge >= 0.3 is 0 Å². The minimum atomic E-state index is 0.338. The summed E-state index contributed by atoms with van der Waals surface area (Å²) >= 11 is 0. The molecule has 0 spiro atoms. The van der Waals surface area contributed by atoms with Crippen LogP contribution in [0.4, 0.5) is 0 Å². The van der Waals surface area contributed by atoms with Crippen LogP contribution in [-0.2, 0) is 17.8 Å². The van der Waals surface area contributed by atoms with E-state index in [1.807, 2.05) is 12.3 Å². The Balaban J connectivity index is 1.12. The zero-order valence-electron chi connectivity index (χ0n) is 31.3. The van der Waals surface area contributed by atoms with Crippen molar-refractivity contribution in [3.8, 4) is 22.5 Å². The van der Waals surface area contributed by atoms with Gasteiger partial charge in [0, 0.05) is 72.1 Å². The predicted octanol–water partition coefficient (Wildman–Crippen LogP) is 8.69. The molecule has 0 aliphatic carbocycles. The van der Waals surface area contributed by atoms with E-state index in [-0.39, 0.29) is 0 Å². The summed E-state index contributed by atoms with van der Waals surface area (Å²) in [4.78, 5) is 11.6. The highest BCUT2D eigenvalue weighted by Gasteiger charge is 2.18. The van der Waals surface area contributed by atoms with Gasteiger partial charge in [-0.1, -0.05) is 94.4 Å². The van der Waals surface area contributed by atoms with Crippen LogP contribution in [0.5, 0.6) is 0 Å². The summed E-state index contributed by atoms with van der Waals surface area (Å²) in [5, 5.41) is 3.55. The zero-order chi connectivity index (χ0) is 37.0. The maximum atomic E-state index is 11.6. The summed E-state index contributed by atoms with van der Waals surface area (Å²) in [5.41, 5.74) is 10.6. The smallest absolute Gasteiger partial charge is 0.214 e. The standard InChI is InChI=1S/C48H50N4O/c1-37(2)45-14-8-10-16-47(45)51-29-21-43(22-30-51)41(25-33-53)18-26-49-35-40(34-39-12-6-5-7-13-39)36-50-27-19-42(20-28-50)44-23-31-52(32-24-44)48-17-11-9-15-46(48)38(3)4/h5-33,37-38,40H,34-36H2,1-4H3/q+2/p+1. The number of nitrogens with zero attached hydrogens (tertiary/aromatic N) is 3. The first-order valence-electron chi connectivity index (χ1n) is 18.7. The van der Waals surface area contributed by atoms with Crippen molar-refractivity contribution in [2.75, 3.05) is 6.54 Å². The summed E-state index contributed by atoms with van der Waals surface area (Å²) in [6.45, 7) is 10.5. The largest absolute Gasteiger partial charge is 0.390 e. The number of aldehydes is 1. The normalized spacial score (nSPS) is 12.4. The first kappa shape index (κ1) is 36.8. The van der Waals surface area contributed by atoms with Crippen molar-refractivity contribution < 1.29 is 18.5 Å². The van der Waals surface area contributed by atoms with Crippen LogP contribution >= 0.6 is 0 Å². The maximum Gasteiger partial charge on any atom is 0.214 e. The minimum Gasteiger partial charge on any atom is -0.390 e. The van der Waals surface area contributed by atoms with Crippen molar-refractivity contribution in [3.05, 3.63) is 193 Å². The molecule has 1 unspecified atom stereocenters. The molecule has 3 aromatic carbocycles. The molecule has 0 aliphatic rings. The molecule has 6 aromatic rings. The highest BCUT2D eigenvalue weighted by atomic mass is 16.1. The minimum absolute atomic E-state index is 0.338. The number of nitrogens with one attached hydrogen (secondary N) is 1. The number of benzene rings is 3. The second-order valence-corrected chi connectivity index (χ2v) is 14.3. The average Bonchev–Trinajstić information content (AvgIpc) is 3.20. The molecule has 3 aromatic heterocycles. The second-order valence-electron chi connectivity index (χ2n) is 14.3. The molecule has 0 bridgehead atoms. The van der Waals surface area contributed by atoms with Gasteiger partial charge in [-0.05, 0) is 64.4 Å².